The second-order valence-corrected chi connectivity index (χ2v) is 13.8. The largest absolute Gasteiger partial charge is 0.460 e. The fourth-order valence-electron chi connectivity index (χ4n) is 8.04. The minimum absolute atomic E-state index is 0.782. The van der Waals surface area contributed by atoms with Gasteiger partial charge in [-0.25, -0.2) is 0 Å². The Labute approximate surface area is 285 Å². The molecule has 0 radical (unpaired) electrons. The van der Waals surface area contributed by atoms with Crippen LogP contribution in [0.1, 0.15) is 0 Å². The molecule has 0 spiro atoms. The van der Waals surface area contributed by atoms with E-state index in [2.05, 4.69) is 146 Å². The lowest BCUT2D eigenvalue weighted by Gasteiger charge is -2.18. The zero-order valence-electron chi connectivity index (χ0n) is 26.2. The second-order valence-electron chi connectivity index (χ2n) is 12.8. The molecule has 0 atom stereocenters. The van der Waals surface area contributed by atoms with Crippen molar-refractivity contribution in [1.82, 2.24) is 0 Å². The van der Waals surface area contributed by atoms with Gasteiger partial charge in [-0.3, -0.25) is 0 Å². The van der Waals surface area contributed by atoms with Gasteiger partial charge in [0, 0.05) is 41.9 Å². The van der Waals surface area contributed by atoms with Gasteiger partial charge in [0.1, 0.15) is 5.58 Å². The van der Waals surface area contributed by atoms with Crippen LogP contribution in [0.5, 0.6) is 0 Å². The lowest BCUT2D eigenvalue weighted by atomic mass is 9.85. The summed E-state index contributed by atoms with van der Waals surface area (Å²) >= 11 is 1.87. The number of hydrogen-bond donors (Lipinski definition) is 0. The highest BCUT2D eigenvalue weighted by Gasteiger charge is 2.21. The van der Waals surface area contributed by atoms with Gasteiger partial charge in [-0.05, 0) is 85.8 Å². The molecule has 49 heavy (non-hydrogen) atoms. The first-order chi connectivity index (χ1) is 24.3. The maximum absolute atomic E-state index is 6.53. The monoisotopic (exact) mass is 642 g/mol. The van der Waals surface area contributed by atoms with Crippen molar-refractivity contribution in [2.45, 2.75) is 0 Å². The highest BCUT2D eigenvalue weighted by Crippen LogP contribution is 2.48. The SMILES string of the molecule is c1ccc(-c2coc3c2ccc2c4cc(-c5c6ccccc6c(-c6cccc7sc8ccccc8c67)c6ccccc56)ccc4oc23)cc1. The standard InChI is InChI=1S/C46H26O2S/c1-2-11-27(12-3-1)38-26-47-45-34(38)23-22-33-37-25-28(21-24-39(37)48-46(33)45)42-29-13-4-6-15-31(29)43(32-16-7-5-14-30(32)42)36-18-10-20-41-44(36)35-17-8-9-19-40(35)49-41/h1-26H. The van der Waals surface area contributed by atoms with E-state index in [-0.39, 0.29) is 0 Å². The lowest BCUT2D eigenvalue weighted by molar-refractivity contribution is 0.600. The third kappa shape index (κ3) is 3.82. The van der Waals surface area contributed by atoms with Gasteiger partial charge in [-0.15, -0.1) is 11.3 Å². The van der Waals surface area contributed by atoms with E-state index in [1.54, 1.807) is 0 Å². The van der Waals surface area contributed by atoms with Crippen LogP contribution in [0.25, 0.3) is 108 Å². The summed E-state index contributed by atoms with van der Waals surface area (Å²) in [4.78, 5) is 0. The van der Waals surface area contributed by atoms with E-state index in [4.69, 9.17) is 8.83 Å². The van der Waals surface area contributed by atoms with Crippen molar-refractivity contribution in [2.75, 3.05) is 0 Å². The highest BCUT2D eigenvalue weighted by molar-refractivity contribution is 7.25. The van der Waals surface area contributed by atoms with Crippen LogP contribution in [0.2, 0.25) is 0 Å². The summed E-state index contributed by atoms with van der Waals surface area (Å²) in [6.45, 7) is 0. The minimum Gasteiger partial charge on any atom is -0.460 e. The number of furan rings is 2. The molecule has 0 N–H and O–H groups in total. The van der Waals surface area contributed by atoms with E-state index in [0.29, 0.717) is 0 Å². The van der Waals surface area contributed by atoms with Crippen LogP contribution >= 0.6 is 11.3 Å². The molecule has 0 saturated heterocycles. The molecule has 228 valence electrons. The van der Waals surface area contributed by atoms with Gasteiger partial charge in [0.25, 0.3) is 0 Å². The summed E-state index contributed by atoms with van der Waals surface area (Å²) in [5.74, 6) is 0. The van der Waals surface area contributed by atoms with E-state index < -0.39 is 0 Å². The molecule has 11 rings (SSSR count). The lowest BCUT2D eigenvalue weighted by Crippen LogP contribution is -1.91. The Morgan fingerprint density at radius 3 is 1.82 bits per heavy atom. The molecule has 0 amide bonds. The molecule has 3 heteroatoms. The molecule has 3 aromatic heterocycles. The van der Waals surface area contributed by atoms with Crippen LogP contribution in [0.15, 0.2) is 167 Å². The Balaban J connectivity index is 1.18. The van der Waals surface area contributed by atoms with Crippen molar-refractivity contribution in [3.8, 4) is 33.4 Å². The molecule has 3 heterocycles. The maximum Gasteiger partial charge on any atom is 0.178 e. The Morgan fingerprint density at radius 2 is 1.04 bits per heavy atom. The first kappa shape index (κ1) is 26.9. The van der Waals surface area contributed by atoms with Crippen molar-refractivity contribution in [3.63, 3.8) is 0 Å². The van der Waals surface area contributed by atoms with Crippen LogP contribution < -0.4 is 0 Å². The molecule has 0 aliphatic carbocycles. The zero-order chi connectivity index (χ0) is 32.1. The van der Waals surface area contributed by atoms with E-state index in [0.717, 1.165) is 49.6 Å². The van der Waals surface area contributed by atoms with Crippen LogP contribution in [0.3, 0.4) is 0 Å². The number of hydrogen-bond acceptors (Lipinski definition) is 3. The predicted octanol–water partition coefficient (Wildman–Crippen LogP) is 14.0. The van der Waals surface area contributed by atoms with Crippen LogP contribution in [0.4, 0.5) is 0 Å². The van der Waals surface area contributed by atoms with Crippen molar-refractivity contribution >= 4 is 86.0 Å². The highest BCUT2D eigenvalue weighted by atomic mass is 32.1. The van der Waals surface area contributed by atoms with E-state index in [1.807, 2.05) is 23.7 Å². The van der Waals surface area contributed by atoms with Gasteiger partial charge in [0.2, 0.25) is 0 Å². The minimum atomic E-state index is 0.782. The number of thiophene rings is 1. The summed E-state index contributed by atoms with van der Waals surface area (Å²) in [5, 5.41) is 10.8. The molecule has 2 nitrogen and oxygen atoms in total. The topological polar surface area (TPSA) is 26.3 Å². The fourth-order valence-corrected chi connectivity index (χ4v) is 9.17. The molecule has 8 aromatic carbocycles. The summed E-state index contributed by atoms with van der Waals surface area (Å²) in [6.07, 6.45) is 1.84. The molecule has 0 aliphatic rings. The van der Waals surface area contributed by atoms with Gasteiger partial charge in [0.05, 0.1) is 6.26 Å². The third-order valence-corrected chi connectivity index (χ3v) is 11.3. The van der Waals surface area contributed by atoms with Crippen molar-refractivity contribution < 1.29 is 8.83 Å². The molecular weight excluding hydrogens is 617 g/mol. The van der Waals surface area contributed by atoms with Crippen molar-refractivity contribution in [2.24, 2.45) is 0 Å². The number of rotatable bonds is 3. The average Bonchev–Trinajstić information content (AvgIpc) is 3.87. The van der Waals surface area contributed by atoms with E-state index in [1.165, 1.54) is 58.4 Å². The molecule has 0 fully saturated rings. The normalized spacial score (nSPS) is 12.1. The molecule has 0 unspecified atom stereocenters. The third-order valence-electron chi connectivity index (χ3n) is 10.2. The second kappa shape index (κ2) is 10.2. The first-order valence-corrected chi connectivity index (χ1v) is 17.4. The smallest absolute Gasteiger partial charge is 0.178 e. The van der Waals surface area contributed by atoms with Gasteiger partial charge >= 0.3 is 0 Å². The van der Waals surface area contributed by atoms with Crippen LogP contribution in [-0.2, 0) is 0 Å². The zero-order valence-corrected chi connectivity index (χ0v) is 27.1. The molecule has 0 aliphatic heterocycles. The quantitative estimate of drug-likeness (QED) is 0.179. The van der Waals surface area contributed by atoms with Crippen molar-refractivity contribution in [1.29, 1.82) is 0 Å². The number of benzene rings is 8. The average molecular weight is 643 g/mol. The van der Waals surface area contributed by atoms with Gasteiger partial charge < -0.3 is 8.83 Å². The van der Waals surface area contributed by atoms with E-state index in [9.17, 15) is 0 Å². The van der Waals surface area contributed by atoms with Gasteiger partial charge in [-0.1, -0.05) is 115 Å². The van der Waals surface area contributed by atoms with Gasteiger partial charge in [-0.2, -0.15) is 0 Å². The van der Waals surface area contributed by atoms with Crippen LogP contribution in [-0.4, -0.2) is 0 Å². The number of fused-ring (bicyclic) bond motifs is 10. The maximum atomic E-state index is 6.53. The Hall–Kier alpha value is -6.16. The van der Waals surface area contributed by atoms with Crippen molar-refractivity contribution in [3.05, 3.63) is 158 Å². The molecule has 0 bridgehead atoms. The Kier molecular flexibility index (Phi) is 5.57. The predicted molar refractivity (Wildman–Crippen MR) is 208 cm³/mol. The molecule has 0 saturated carbocycles. The first-order valence-electron chi connectivity index (χ1n) is 16.6. The summed E-state index contributed by atoms with van der Waals surface area (Å²) in [5.41, 5.74) is 9.59. The Morgan fingerprint density at radius 1 is 0.388 bits per heavy atom. The summed E-state index contributed by atoms with van der Waals surface area (Å²) in [6, 6.07) is 54.7. The molecule has 11 aromatic rings. The van der Waals surface area contributed by atoms with Gasteiger partial charge in [0.15, 0.2) is 11.2 Å². The fraction of sp³-hybridized carbons (Fsp3) is 0. The summed E-state index contributed by atoms with van der Waals surface area (Å²) in [7, 11) is 0. The Bertz CT molecular complexity index is 3050. The van der Waals surface area contributed by atoms with E-state index >= 15 is 0 Å². The summed E-state index contributed by atoms with van der Waals surface area (Å²) < 4.78 is 15.4. The van der Waals surface area contributed by atoms with Crippen LogP contribution in [0, 0.1) is 0 Å². The molecular formula is C46H26O2S.